The van der Waals surface area contributed by atoms with Crippen molar-refractivity contribution in [3.05, 3.63) is 87.7 Å². The summed E-state index contributed by atoms with van der Waals surface area (Å²) in [6.07, 6.45) is 2.45. The lowest BCUT2D eigenvalue weighted by atomic mass is 10.1. The maximum atomic E-state index is 12.6. The molecule has 7 nitrogen and oxygen atoms in total. The molecule has 3 aromatic carbocycles. The van der Waals surface area contributed by atoms with Crippen LogP contribution in [0, 0.1) is 0 Å². The highest BCUT2D eigenvalue weighted by atomic mass is 79.9. The maximum Gasteiger partial charge on any atom is 0.271 e. The minimum Gasteiger partial charge on any atom is -0.493 e. The van der Waals surface area contributed by atoms with Gasteiger partial charge in [-0.2, -0.15) is 5.10 Å². The lowest BCUT2D eigenvalue weighted by Crippen LogP contribution is -2.17. The first-order valence-corrected chi connectivity index (χ1v) is 13.0. The monoisotopic (exact) mass is 564 g/mol. The zero-order valence-electron chi connectivity index (χ0n) is 19.8. The molecule has 2 N–H and O–H groups in total. The van der Waals surface area contributed by atoms with Gasteiger partial charge in [-0.05, 0) is 58.7 Å². The van der Waals surface area contributed by atoms with Gasteiger partial charge in [0.2, 0.25) is 0 Å². The number of thiazole rings is 1. The Hall–Kier alpha value is -3.69. The smallest absolute Gasteiger partial charge is 0.271 e. The number of ether oxygens (including phenoxy) is 2. The summed E-state index contributed by atoms with van der Waals surface area (Å²) in [4.78, 5) is 17.2. The number of hydrogen-bond donors (Lipinski definition) is 2. The third kappa shape index (κ3) is 6.50. The molecular formula is C27H25BrN4O3S. The number of methoxy groups -OCH3 is 1. The first-order chi connectivity index (χ1) is 17.6. The number of amides is 1. The van der Waals surface area contributed by atoms with E-state index in [4.69, 9.17) is 9.47 Å². The number of benzene rings is 3. The van der Waals surface area contributed by atoms with E-state index < -0.39 is 0 Å². The van der Waals surface area contributed by atoms with Crippen molar-refractivity contribution >= 4 is 50.2 Å². The van der Waals surface area contributed by atoms with Crippen molar-refractivity contribution in [3.8, 4) is 22.8 Å². The molecule has 36 heavy (non-hydrogen) atoms. The first kappa shape index (κ1) is 25.4. The van der Waals surface area contributed by atoms with Crippen molar-refractivity contribution in [2.75, 3.05) is 19.0 Å². The fourth-order valence-electron chi connectivity index (χ4n) is 3.26. The van der Waals surface area contributed by atoms with Gasteiger partial charge in [0.05, 0.1) is 25.6 Å². The minimum atomic E-state index is -0.312. The molecule has 4 rings (SSSR count). The van der Waals surface area contributed by atoms with Gasteiger partial charge in [0.25, 0.3) is 5.91 Å². The SMILES string of the molecule is CCCOc1cc(Br)c(/C=N/NC(=O)c2ccc(-c3csc(Nc4ccccc4)n3)cc2)cc1OC. The molecule has 0 saturated heterocycles. The van der Waals surface area contributed by atoms with Crippen LogP contribution in [0.3, 0.4) is 0 Å². The standard InChI is InChI=1S/C27H25BrN4O3S/c1-3-13-35-25-15-22(28)20(14-24(25)34-2)16-29-32-26(33)19-11-9-18(10-12-19)23-17-36-27(31-23)30-21-7-5-4-6-8-21/h4-12,14-17H,3,13H2,1-2H3,(H,30,31)(H,32,33)/b29-16+. The average molecular weight is 565 g/mol. The number of aromatic nitrogens is 1. The summed E-state index contributed by atoms with van der Waals surface area (Å²) in [7, 11) is 1.58. The van der Waals surface area contributed by atoms with Crippen LogP contribution in [-0.4, -0.2) is 30.8 Å². The Morgan fingerprint density at radius 2 is 1.89 bits per heavy atom. The number of nitrogens with zero attached hydrogens (tertiary/aromatic N) is 2. The average Bonchev–Trinajstić information content (AvgIpc) is 3.37. The van der Waals surface area contributed by atoms with Crippen LogP contribution in [0.2, 0.25) is 0 Å². The van der Waals surface area contributed by atoms with Crippen molar-refractivity contribution in [2.45, 2.75) is 13.3 Å². The molecule has 1 amide bonds. The zero-order valence-corrected chi connectivity index (χ0v) is 22.2. The van der Waals surface area contributed by atoms with Crippen molar-refractivity contribution in [2.24, 2.45) is 5.10 Å². The molecule has 0 atom stereocenters. The van der Waals surface area contributed by atoms with Crippen LogP contribution in [0.1, 0.15) is 29.3 Å². The number of anilines is 2. The summed E-state index contributed by atoms with van der Waals surface area (Å²) >= 11 is 5.04. The number of hydrazone groups is 1. The van der Waals surface area contributed by atoms with Gasteiger partial charge >= 0.3 is 0 Å². The zero-order chi connectivity index (χ0) is 25.3. The summed E-state index contributed by atoms with van der Waals surface area (Å²) < 4.78 is 11.9. The molecule has 1 heterocycles. The Bertz CT molecular complexity index is 1340. The second-order valence-electron chi connectivity index (χ2n) is 7.68. The largest absolute Gasteiger partial charge is 0.493 e. The highest BCUT2D eigenvalue weighted by Gasteiger charge is 2.11. The Morgan fingerprint density at radius 1 is 1.11 bits per heavy atom. The van der Waals surface area contributed by atoms with Crippen LogP contribution in [0.15, 0.2) is 81.7 Å². The van der Waals surface area contributed by atoms with Crippen LogP contribution in [-0.2, 0) is 0 Å². The lowest BCUT2D eigenvalue weighted by Gasteiger charge is -2.12. The number of rotatable bonds is 10. The Labute approximate surface area is 222 Å². The highest BCUT2D eigenvalue weighted by Crippen LogP contribution is 2.33. The van der Waals surface area contributed by atoms with Gasteiger partial charge in [-0.15, -0.1) is 11.3 Å². The first-order valence-electron chi connectivity index (χ1n) is 11.3. The summed E-state index contributed by atoms with van der Waals surface area (Å²) in [5.74, 6) is 0.934. The molecule has 4 aromatic rings. The van der Waals surface area contributed by atoms with Gasteiger partial charge in [0, 0.05) is 32.2 Å². The van der Waals surface area contributed by atoms with Gasteiger partial charge in [-0.3, -0.25) is 4.79 Å². The van der Waals surface area contributed by atoms with Crippen molar-refractivity contribution in [3.63, 3.8) is 0 Å². The normalized spacial score (nSPS) is 10.9. The Kier molecular flexibility index (Phi) is 8.70. The molecule has 0 aliphatic heterocycles. The predicted molar refractivity (Wildman–Crippen MR) is 149 cm³/mol. The predicted octanol–water partition coefficient (Wildman–Crippen LogP) is 6.88. The summed E-state index contributed by atoms with van der Waals surface area (Å²) in [6.45, 7) is 2.64. The molecule has 184 valence electrons. The van der Waals surface area contributed by atoms with Crippen LogP contribution < -0.4 is 20.2 Å². The highest BCUT2D eigenvalue weighted by molar-refractivity contribution is 9.10. The van der Waals surface area contributed by atoms with E-state index in [1.807, 2.05) is 60.8 Å². The number of para-hydroxylation sites is 1. The van der Waals surface area contributed by atoms with Gasteiger partial charge < -0.3 is 14.8 Å². The topological polar surface area (TPSA) is 84.8 Å². The Morgan fingerprint density at radius 3 is 2.61 bits per heavy atom. The third-order valence-electron chi connectivity index (χ3n) is 5.09. The van der Waals surface area contributed by atoms with E-state index in [0.29, 0.717) is 23.7 Å². The lowest BCUT2D eigenvalue weighted by molar-refractivity contribution is 0.0955. The van der Waals surface area contributed by atoms with E-state index >= 15 is 0 Å². The van der Waals surface area contributed by atoms with Crippen LogP contribution in [0.25, 0.3) is 11.3 Å². The fourth-order valence-corrected chi connectivity index (χ4v) is 4.42. The minimum absolute atomic E-state index is 0.312. The molecule has 0 radical (unpaired) electrons. The molecule has 0 unspecified atom stereocenters. The van der Waals surface area contributed by atoms with Crippen LogP contribution >= 0.6 is 27.3 Å². The van der Waals surface area contributed by atoms with E-state index in [0.717, 1.165) is 38.5 Å². The molecule has 0 bridgehead atoms. The van der Waals surface area contributed by atoms with Crippen molar-refractivity contribution in [1.82, 2.24) is 10.4 Å². The fraction of sp³-hybridized carbons (Fsp3) is 0.148. The number of carbonyl (C=O) groups is 1. The maximum absolute atomic E-state index is 12.6. The summed E-state index contributed by atoms with van der Waals surface area (Å²) in [6, 6.07) is 20.8. The van der Waals surface area contributed by atoms with Crippen LogP contribution in [0.5, 0.6) is 11.5 Å². The van der Waals surface area contributed by atoms with E-state index in [-0.39, 0.29) is 5.91 Å². The number of halogens is 1. The van der Waals surface area contributed by atoms with Gasteiger partial charge in [0.15, 0.2) is 16.6 Å². The number of nitrogens with one attached hydrogen (secondary N) is 2. The third-order valence-corrected chi connectivity index (χ3v) is 6.53. The number of carbonyl (C=O) groups excluding carboxylic acids is 1. The molecule has 0 aliphatic carbocycles. The van der Waals surface area contributed by atoms with Crippen molar-refractivity contribution < 1.29 is 14.3 Å². The summed E-state index contributed by atoms with van der Waals surface area (Å²) in [5, 5.41) is 10.2. The second-order valence-corrected chi connectivity index (χ2v) is 9.39. The van der Waals surface area contributed by atoms with Gasteiger partial charge in [-0.1, -0.05) is 37.3 Å². The molecular weight excluding hydrogens is 540 g/mol. The van der Waals surface area contributed by atoms with Crippen LogP contribution in [0.4, 0.5) is 10.8 Å². The summed E-state index contributed by atoms with van der Waals surface area (Å²) in [5.41, 5.74) is 6.55. The molecule has 0 fully saturated rings. The molecule has 1 aromatic heterocycles. The Balaban J connectivity index is 1.38. The van der Waals surface area contributed by atoms with Gasteiger partial charge in [-0.25, -0.2) is 10.4 Å². The van der Waals surface area contributed by atoms with Gasteiger partial charge in [0.1, 0.15) is 0 Å². The van der Waals surface area contributed by atoms with E-state index in [1.54, 1.807) is 31.5 Å². The number of hydrogen-bond acceptors (Lipinski definition) is 7. The van der Waals surface area contributed by atoms with E-state index in [1.165, 1.54) is 11.3 Å². The molecule has 0 aliphatic rings. The molecule has 0 saturated carbocycles. The van der Waals surface area contributed by atoms with E-state index in [9.17, 15) is 4.79 Å². The van der Waals surface area contributed by atoms with Crippen molar-refractivity contribution in [1.29, 1.82) is 0 Å². The second kappa shape index (κ2) is 12.3. The molecule has 9 heteroatoms. The molecule has 0 spiro atoms. The quantitative estimate of drug-likeness (QED) is 0.162. The van der Waals surface area contributed by atoms with E-state index in [2.05, 4.69) is 36.8 Å².